The summed E-state index contributed by atoms with van der Waals surface area (Å²) in [5.74, 6) is -0.529. The summed E-state index contributed by atoms with van der Waals surface area (Å²) >= 11 is 0. The Hall–Kier alpha value is -3.24. The molecule has 0 radical (unpaired) electrons. The number of alkyl halides is 6. The van der Waals surface area contributed by atoms with Crippen molar-refractivity contribution in [1.29, 1.82) is 0 Å². The molecular formula is C25H26F6N2O3. The minimum Gasteiger partial charge on any atom is -0.446 e. The van der Waals surface area contributed by atoms with Crippen LogP contribution in [0.25, 0.3) is 0 Å². The summed E-state index contributed by atoms with van der Waals surface area (Å²) in [6.07, 6.45) is -10.2. The van der Waals surface area contributed by atoms with Gasteiger partial charge in [-0.25, -0.2) is 4.79 Å². The lowest BCUT2D eigenvalue weighted by Crippen LogP contribution is -2.34. The van der Waals surface area contributed by atoms with Crippen LogP contribution in [-0.4, -0.2) is 29.5 Å². The fraction of sp³-hybridized carbons (Fsp3) is 0.440. The van der Waals surface area contributed by atoms with Crippen LogP contribution in [0.1, 0.15) is 61.9 Å². The molecule has 0 aromatic heterocycles. The standard InChI is InChI=1S/C25H26F6N2O3/c1-15(2)36-23(35)32-10-6-9-22(20-7-4-5-8-21(20)32)33(16(3)34)14-17-11-18(24(26,27)28)13-19(12-17)25(29,30)31/h4-5,7-8,11-13,15,22H,6,9-10,14H2,1-3H3. The molecule has 0 spiro atoms. The molecule has 1 aliphatic rings. The van der Waals surface area contributed by atoms with Crippen LogP contribution in [0.4, 0.5) is 36.8 Å². The van der Waals surface area contributed by atoms with Crippen molar-refractivity contribution in [3.05, 3.63) is 64.7 Å². The smallest absolute Gasteiger partial charge is 0.416 e. The molecule has 0 bridgehead atoms. The molecule has 0 saturated heterocycles. The van der Waals surface area contributed by atoms with E-state index >= 15 is 0 Å². The first-order chi connectivity index (χ1) is 16.7. The summed E-state index contributed by atoms with van der Waals surface area (Å²) in [6.45, 7) is 4.40. The molecule has 0 N–H and O–H groups in total. The second kappa shape index (κ2) is 10.4. The molecule has 5 nitrogen and oxygen atoms in total. The number of anilines is 1. The molecule has 3 rings (SSSR count). The zero-order valence-electron chi connectivity index (χ0n) is 19.9. The van der Waals surface area contributed by atoms with Crippen molar-refractivity contribution in [2.75, 3.05) is 11.4 Å². The molecule has 1 heterocycles. The highest BCUT2D eigenvalue weighted by Gasteiger charge is 2.38. The van der Waals surface area contributed by atoms with E-state index in [9.17, 15) is 35.9 Å². The number of carbonyl (C=O) groups is 2. The number of carbonyl (C=O) groups excluding carboxylic acids is 2. The van der Waals surface area contributed by atoms with Crippen molar-refractivity contribution in [3.63, 3.8) is 0 Å². The summed E-state index contributed by atoms with van der Waals surface area (Å²) < 4.78 is 85.4. The third-order valence-electron chi connectivity index (χ3n) is 5.78. The van der Waals surface area contributed by atoms with Gasteiger partial charge in [0.25, 0.3) is 0 Å². The molecule has 2 amide bonds. The fourth-order valence-corrected chi connectivity index (χ4v) is 4.26. The van der Waals surface area contributed by atoms with Crippen LogP contribution in [0.2, 0.25) is 0 Å². The van der Waals surface area contributed by atoms with E-state index in [-0.39, 0.29) is 24.3 Å². The topological polar surface area (TPSA) is 49.9 Å². The average molecular weight is 516 g/mol. The van der Waals surface area contributed by atoms with E-state index in [0.29, 0.717) is 36.2 Å². The van der Waals surface area contributed by atoms with E-state index in [1.165, 1.54) is 16.7 Å². The summed E-state index contributed by atoms with van der Waals surface area (Å²) in [6, 6.07) is 7.36. The zero-order valence-corrected chi connectivity index (χ0v) is 19.9. The van der Waals surface area contributed by atoms with Crippen molar-refractivity contribution in [3.8, 4) is 0 Å². The van der Waals surface area contributed by atoms with Crippen molar-refractivity contribution in [2.24, 2.45) is 0 Å². The number of nitrogens with zero attached hydrogens (tertiary/aromatic N) is 2. The lowest BCUT2D eigenvalue weighted by Gasteiger charge is -2.32. The molecule has 196 valence electrons. The van der Waals surface area contributed by atoms with E-state index in [4.69, 9.17) is 4.74 Å². The molecule has 2 aromatic rings. The Labute approximate surface area is 204 Å². The second-order valence-electron chi connectivity index (χ2n) is 8.86. The minimum absolute atomic E-state index is 0.0563. The van der Waals surface area contributed by atoms with Gasteiger partial charge < -0.3 is 9.64 Å². The maximum absolute atomic E-state index is 13.3. The summed E-state index contributed by atoms with van der Waals surface area (Å²) in [5.41, 5.74) is -2.17. The number of fused-ring (bicyclic) bond motifs is 1. The summed E-state index contributed by atoms with van der Waals surface area (Å²) in [7, 11) is 0. The van der Waals surface area contributed by atoms with Crippen molar-refractivity contribution in [2.45, 2.75) is 64.7 Å². The van der Waals surface area contributed by atoms with Gasteiger partial charge in [0.2, 0.25) is 5.91 Å². The number of benzene rings is 2. The molecule has 0 saturated carbocycles. The molecular weight excluding hydrogens is 490 g/mol. The number of para-hydroxylation sites is 1. The van der Waals surface area contributed by atoms with Crippen molar-refractivity contribution >= 4 is 17.7 Å². The van der Waals surface area contributed by atoms with E-state index in [1.54, 1.807) is 38.1 Å². The van der Waals surface area contributed by atoms with Gasteiger partial charge >= 0.3 is 18.4 Å². The quantitative estimate of drug-likeness (QED) is 0.413. The maximum Gasteiger partial charge on any atom is 0.416 e. The first kappa shape index (κ1) is 27.3. The van der Waals surface area contributed by atoms with E-state index in [2.05, 4.69) is 0 Å². The van der Waals surface area contributed by atoms with Gasteiger partial charge in [-0.3, -0.25) is 9.69 Å². The van der Waals surface area contributed by atoms with Crippen LogP contribution in [0, 0.1) is 0 Å². The van der Waals surface area contributed by atoms with Gasteiger partial charge in [-0.2, -0.15) is 26.3 Å². The summed E-state index contributed by atoms with van der Waals surface area (Å²) in [5, 5.41) is 0. The Kier molecular flexibility index (Phi) is 7.90. The van der Waals surface area contributed by atoms with Crippen molar-refractivity contribution in [1.82, 2.24) is 4.90 Å². The number of hydrogen-bond acceptors (Lipinski definition) is 3. The summed E-state index contributed by atoms with van der Waals surface area (Å²) in [4.78, 5) is 28.0. The molecule has 1 aliphatic heterocycles. The average Bonchev–Trinajstić information content (AvgIpc) is 2.95. The normalized spacial score (nSPS) is 16.4. The van der Waals surface area contributed by atoms with Crippen molar-refractivity contribution < 1.29 is 40.7 Å². The molecule has 2 aromatic carbocycles. The monoisotopic (exact) mass is 516 g/mol. The van der Waals surface area contributed by atoms with Crippen LogP contribution < -0.4 is 4.90 Å². The lowest BCUT2D eigenvalue weighted by atomic mass is 9.98. The van der Waals surface area contributed by atoms with Gasteiger partial charge in [-0.15, -0.1) is 0 Å². The molecule has 0 fully saturated rings. The van der Waals surface area contributed by atoms with Gasteiger partial charge in [0, 0.05) is 20.0 Å². The molecule has 1 unspecified atom stereocenters. The molecule has 0 aliphatic carbocycles. The van der Waals surface area contributed by atoms with Crippen LogP contribution in [0.5, 0.6) is 0 Å². The highest BCUT2D eigenvalue weighted by atomic mass is 19.4. The largest absolute Gasteiger partial charge is 0.446 e. The number of ether oxygens (including phenoxy) is 1. The zero-order chi connectivity index (χ0) is 26.8. The predicted octanol–water partition coefficient (Wildman–Crippen LogP) is 6.96. The lowest BCUT2D eigenvalue weighted by molar-refractivity contribution is -0.143. The Bertz CT molecular complexity index is 1080. The van der Waals surface area contributed by atoms with E-state index in [1.807, 2.05) is 0 Å². The fourth-order valence-electron chi connectivity index (χ4n) is 4.26. The van der Waals surface area contributed by atoms with Gasteiger partial charge in [-0.05, 0) is 62.1 Å². The highest BCUT2D eigenvalue weighted by molar-refractivity contribution is 5.89. The van der Waals surface area contributed by atoms with Crippen LogP contribution in [0.3, 0.4) is 0 Å². The third kappa shape index (κ3) is 6.30. The predicted molar refractivity (Wildman–Crippen MR) is 120 cm³/mol. The number of rotatable bonds is 4. The van der Waals surface area contributed by atoms with Crippen LogP contribution >= 0.6 is 0 Å². The molecule has 1 atom stereocenters. The Balaban J connectivity index is 2.04. The molecule has 36 heavy (non-hydrogen) atoms. The van der Waals surface area contributed by atoms with Gasteiger partial charge in [0.15, 0.2) is 0 Å². The maximum atomic E-state index is 13.3. The van der Waals surface area contributed by atoms with E-state index < -0.39 is 48.1 Å². The van der Waals surface area contributed by atoms with Crippen LogP contribution in [0.15, 0.2) is 42.5 Å². The third-order valence-corrected chi connectivity index (χ3v) is 5.78. The second-order valence-corrected chi connectivity index (χ2v) is 8.86. The highest BCUT2D eigenvalue weighted by Crippen LogP contribution is 2.40. The first-order valence-corrected chi connectivity index (χ1v) is 11.3. The number of amides is 2. The minimum atomic E-state index is -5.00. The number of hydrogen-bond donors (Lipinski definition) is 0. The van der Waals surface area contributed by atoms with Crippen LogP contribution in [-0.2, 0) is 28.4 Å². The van der Waals surface area contributed by atoms with Gasteiger partial charge in [0.05, 0.1) is 29.0 Å². The van der Waals surface area contributed by atoms with Gasteiger partial charge in [-0.1, -0.05) is 18.2 Å². The number of halogens is 6. The molecule has 11 heteroatoms. The SMILES string of the molecule is CC(=O)N(Cc1cc(C(F)(F)F)cc(C(F)(F)F)c1)C1CCCN(C(=O)OC(C)C)c2ccccc21. The van der Waals surface area contributed by atoms with E-state index in [0.717, 1.165) is 0 Å². The Morgan fingerprint density at radius 1 is 1.03 bits per heavy atom. The first-order valence-electron chi connectivity index (χ1n) is 11.3. The Morgan fingerprint density at radius 3 is 2.14 bits per heavy atom. The Morgan fingerprint density at radius 2 is 1.61 bits per heavy atom. The van der Waals surface area contributed by atoms with Gasteiger partial charge in [0.1, 0.15) is 0 Å².